The monoisotopic (exact) mass is 329 g/mol. The van der Waals surface area contributed by atoms with E-state index in [2.05, 4.69) is 11.8 Å². The van der Waals surface area contributed by atoms with Crippen LogP contribution in [0.3, 0.4) is 0 Å². The van der Waals surface area contributed by atoms with Crippen molar-refractivity contribution in [2.24, 2.45) is 5.73 Å². The summed E-state index contributed by atoms with van der Waals surface area (Å²) in [6.07, 6.45) is 5.61. The average molecular weight is 330 g/mol. The molecule has 2 N–H and O–H groups in total. The summed E-state index contributed by atoms with van der Waals surface area (Å²) in [5.74, 6) is 1.48. The zero-order valence-electron chi connectivity index (χ0n) is 12.9. The second-order valence-electron chi connectivity index (χ2n) is 5.92. The minimum Gasteiger partial charge on any atom is -0.392 e. The highest BCUT2D eigenvalue weighted by Gasteiger charge is 2.31. The smallest absolute Gasteiger partial charge is 0.235 e. The van der Waals surface area contributed by atoms with E-state index in [1.54, 1.807) is 0 Å². The van der Waals surface area contributed by atoms with Crippen LogP contribution in [-0.2, 0) is 4.79 Å². The largest absolute Gasteiger partial charge is 0.392 e. The molecule has 1 amide bonds. The van der Waals surface area contributed by atoms with Gasteiger partial charge in [0.25, 0.3) is 0 Å². The molecule has 2 saturated heterocycles. The molecule has 4 nitrogen and oxygen atoms in total. The van der Waals surface area contributed by atoms with Gasteiger partial charge in [0.05, 0.1) is 16.3 Å². The number of thioether (sulfide) groups is 1. The maximum atomic E-state index is 12.5. The maximum absolute atomic E-state index is 12.5. The number of rotatable bonds is 5. The molecule has 0 aliphatic carbocycles. The molecule has 2 aliphatic heterocycles. The molecule has 6 heteroatoms. The minimum atomic E-state index is 0.200. The van der Waals surface area contributed by atoms with Crippen molar-refractivity contribution in [1.82, 2.24) is 9.80 Å². The molecule has 2 unspecified atom stereocenters. The highest BCUT2D eigenvalue weighted by molar-refractivity contribution is 8.00. The van der Waals surface area contributed by atoms with Crippen molar-refractivity contribution in [3.05, 3.63) is 0 Å². The van der Waals surface area contributed by atoms with E-state index in [1.165, 1.54) is 12.8 Å². The Morgan fingerprint density at radius 1 is 1.33 bits per heavy atom. The van der Waals surface area contributed by atoms with Gasteiger partial charge in [-0.2, -0.15) is 0 Å². The van der Waals surface area contributed by atoms with Gasteiger partial charge in [-0.3, -0.25) is 9.69 Å². The van der Waals surface area contributed by atoms with Crippen molar-refractivity contribution in [3.63, 3.8) is 0 Å². The average Bonchev–Trinajstić information content (AvgIpc) is 2.53. The van der Waals surface area contributed by atoms with Gasteiger partial charge in [-0.15, -0.1) is 11.8 Å². The summed E-state index contributed by atoms with van der Waals surface area (Å²) in [7, 11) is 0. The molecule has 2 aliphatic rings. The molecule has 2 atom stereocenters. The van der Waals surface area contributed by atoms with Gasteiger partial charge in [0.1, 0.15) is 0 Å². The predicted molar refractivity (Wildman–Crippen MR) is 93.7 cm³/mol. The van der Waals surface area contributed by atoms with Crippen molar-refractivity contribution in [1.29, 1.82) is 0 Å². The highest BCUT2D eigenvalue weighted by Crippen LogP contribution is 2.27. The molecule has 0 radical (unpaired) electrons. The summed E-state index contributed by atoms with van der Waals surface area (Å²) in [5.41, 5.74) is 5.87. The Bertz CT molecular complexity index is 364. The second-order valence-corrected chi connectivity index (χ2v) is 7.71. The van der Waals surface area contributed by atoms with E-state index in [-0.39, 0.29) is 11.3 Å². The molecule has 0 aromatic heterocycles. The van der Waals surface area contributed by atoms with Gasteiger partial charge >= 0.3 is 0 Å². The summed E-state index contributed by atoms with van der Waals surface area (Å²) in [6.45, 7) is 5.58. The molecule has 120 valence electrons. The fraction of sp³-hybridized carbons (Fsp3) is 0.867. The topological polar surface area (TPSA) is 49.6 Å². The Labute approximate surface area is 137 Å². The lowest BCUT2D eigenvalue weighted by Gasteiger charge is -2.40. The fourth-order valence-corrected chi connectivity index (χ4v) is 4.72. The normalized spacial score (nSPS) is 25.6. The molecule has 2 rings (SSSR count). The lowest BCUT2D eigenvalue weighted by molar-refractivity contribution is -0.132. The van der Waals surface area contributed by atoms with Crippen LogP contribution in [-0.4, -0.2) is 63.9 Å². The Hall–Kier alpha value is -0.330. The second kappa shape index (κ2) is 8.34. The zero-order chi connectivity index (χ0) is 15.2. The molecule has 21 heavy (non-hydrogen) atoms. The summed E-state index contributed by atoms with van der Waals surface area (Å²) >= 11 is 7.04. The van der Waals surface area contributed by atoms with E-state index in [0.717, 1.165) is 51.2 Å². The first-order valence-electron chi connectivity index (χ1n) is 8.07. The molecule has 0 bridgehead atoms. The number of hydrogen-bond acceptors (Lipinski definition) is 4. The lowest BCUT2D eigenvalue weighted by Crippen LogP contribution is -2.56. The highest BCUT2D eigenvalue weighted by atomic mass is 32.2. The Morgan fingerprint density at radius 3 is 2.57 bits per heavy atom. The number of nitrogens with two attached hydrogens (primary N) is 1. The molecule has 2 heterocycles. The standard InChI is InChI=1S/C15H27N3OS2/c1-2-5-12(14(16)20)17-7-9-18(10-8-17)15(19)13-6-3-4-11-21-13/h12-13H,2-11H2,1H3,(H2,16,20). The van der Waals surface area contributed by atoms with Crippen LogP contribution >= 0.6 is 24.0 Å². The minimum absolute atomic E-state index is 0.200. The van der Waals surface area contributed by atoms with Crippen molar-refractivity contribution in [2.45, 2.75) is 50.3 Å². The summed E-state index contributed by atoms with van der Waals surface area (Å²) in [6, 6.07) is 0.200. The quantitative estimate of drug-likeness (QED) is 0.781. The van der Waals surface area contributed by atoms with E-state index in [9.17, 15) is 4.79 Å². The van der Waals surface area contributed by atoms with Gasteiger partial charge < -0.3 is 10.6 Å². The van der Waals surface area contributed by atoms with Crippen LogP contribution in [0, 0.1) is 0 Å². The summed E-state index contributed by atoms with van der Waals surface area (Å²) in [5, 5.41) is 0.201. The number of hydrogen-bond donors (Lipinski definition) is 1. The van der Waals surface area contributed by atoms with Gasteiger partial charge in [-0.25, -0.2) is 0 Å². The van der Waals surface area contributed by atoms with Crippen LogP contribution in [0.2, 0.25) is 0 Å². The zero-order valence-corrected chi connectivity index (χ0v) is 14.6. The number of carbonyl (C=O) groups is 1. The number of amides is 1. The van der Waals surface area contributed by atoms with Crippen LogP contribution in [0.4, 0.5) is 0 Å². The third-order valence-electron chi connectivity index (χ3n) is 4.41. The number of nitrogens with zero attached hydrogens (tertiary/aromatic N) is 2. The van der Waals surface area contributed by atoms with Crippen molar-refractivity contribution in [3.8, 4) is 0 Å². The summed E-state index contributed by atoms with van der Waals surface area (Å²) < 4.78 is 0. The van der Waals surface area contributed by atoms with Gasteiger partial charge in [-0.1, -0.05) is 32.0 Å². The van der Waals surface area contributed by atoms with Crippen molar-refractivity contribution in [2.75, 3.05) is 31.9 Å². The number of carbonyl (C=O) groups excluding carboxylic acids is 1. The molecule has 2 fully saturated rings. The number of piperazine rings is 1. The van der Waals surface area contributed by atoms with Gasteiger partial charge in [-0.05, 0) is 25.0 Å². The molecule has 0 aromatic carbocycles. The third kappa shape index (κ3) is 4.57. The Kier molecular flexibility index (Phi) is 6.76. The fourth-order valence-electron chi connectivity index (χ4n) is 3.17. The van der Waals surface area contributed by atoms with Crippen LogP contribution < -0.4 is 5.73 Å². The third-order valence-corrected chi connectivity index (χ3v) is 6.05. The summed E-state index contributed by atoms with van der Waals surface area (Å²) in [4.78, 5) is 17.5. The van der Waals surface area contributed by atoms with Crippen molar-refractivity contribution >= 4 is 34.9 Å². The van der Waals surface area contributed by atoms with E-state index >= 15 is 0 Å². The van der Waals surface area contributed by atoms with Gasteiger partial charge in [0, 0.05) is 26.2 Å². The maximum Gasteiger partial charge on any atom is 0.235 e. The first kappa shape index (κ1) is 17.0. The number of thiocarbonyl (C=S) groups is 1. The van der Waals surface area contributed by atoms with E-state index in [4.69, 9.17) is 18.0 Å². The first-order valence-corrected chi connectivity index (χ1v) is 9.53. The van der Waals surface area contributed by atoms with E-state index in [0.29, 0.717) is 10.9 Å². The lowest BCUT2D eigenvalue weighted by atomic mass is 10.1. The van der Waals surface area contributed by atoms with Gasteiger partial charge in [0.2, 0.25) is 5.91 Å². The molecule has 0 saturated carbocycles. The predicted octanol–water partition coefficient (Wildman–Crippen LogP) is 1.87. The molecule has 0 aromatic rings. The molecular formula is C15H27N3OS2. The SMILES string of the molecule is CCCC(C(N)=S)N1CCN(C(=O)C2CCCCS2)CC1. The van der Waals surface area contributed by atoms with Gasteiger partial charge in [0.15, 0.2) is 0 Å². The Morgan fingerprint density at radius 2 is 2.05 bits per heavy atom. The van der Waals surface area contributed by atoms with Crippen LogP contribution in [0.15, 0.2) is 0 Å². The van der Waals surface area contributed by atoms with E-state index in [1.807, 2.05) is 16.7 Å². The first-order chi connectivity index (χ1) is 10.1. The molecule has 0 spiro atoms. The molecular weight excluding hydrogens is 302 g/mol. The van der Waals surface area contributed by atoms with Crippen molar-refractivity contribution < 1.29 is 4.79 Å². The van der Waals surface area contributed by atoms with Crippen LogP contribution in [0.1, 0.15) is 39.0 Å². The van der Waals surface area contributed by atoms with Crippen LogP contribution in [0.5, 0.6) is 0 Å². The van der Waals surface area contributed by atoms with E-state index < -0.39 is 0 Å². The Balaban J connectivity index is 1.84. The van der Waals surface area contributed by atoms with Crippen LogP contribution in [0.25, 0.3) is 0 Å².